The fraction of sp³-hybridized carbons (Fsp3) is 0.533. The molecule has 4 nitrogen and oxygen atoms in total. The Balaban J connectivity index is 1.96. The van der Waals surface area contributed by atoms with Gasteiger partial charge in [0.05, 0.1) is 19.6 Å². The molecule has 4 heteroatoms. The van der Waals surface area contributed by atoms with Gasteiger partial charge in [0, 0.05) is 6.54 Å². The first-order chi connectivity index (χ1) is 9.33. The summed E-state index contributed by atoms with van der Waals surface area (Å²) >= 11 is 0. The van der Waals surface area contributed by atoms with Crippen LogP contribution in [-0.4, -0.2) is 38.9 Å². The Morgan fingerprint density at radius 3 is 2.63 bits per heavy atom. The van der Waals surface area contributed by atoms with Crippen LogP contribution in [0.5, 0.6) is 0 Å². The van der Waals surface area contributed by atoms with Gasteiger partial charge < -0.3 is 14.8 Å². The van der Waals surface area contributed by atoms with Gasteiger partial charge in [0.2, 0.25) is 0 Å². The second kappa shape index (κ2) is 10.5. The van der Waals surface area contributed by atoms with Gasteiger partial charge in [-0.15, -0.1) is 0 Å². The number of hydrogen-bond acceptors (Lipinski definition) is 4. The predicted octanol–water partition coefficient (Wildman–Crippen LogP) is 1.79. The summed E-state index contributed by atoms with van der Waals surface area (Å²) in [7, 11) is 0. The second-order valence-corrected chi connectivity index (χ2v) is 4.25. The molecule has 0 aliphatic carbocycles. The van der Waals surface area contributed by atoms with E-state index in [1.807, 2.05) is 30.3 Å². The summed E-state index contributed by atoms with van der Waals surface area (Å²) in [6.07, 6.45) is 1.44. The van der Waals surface area contributed by atoms with Crippen molar-refractivity contribution in [3.8, 4) is 0 Å². The van der Waals surface area contributed by atoms with Crippen LogP contribution in [0.25, 0.3) is 0 Å². The van der Waals surface area contributed by atoms with Crippen molar-refractivity contribution in [2.45, 2.75) is 19.8 Å². The number of rotatable bonds is 10. The smallest absolute Gasteiger partial charge is 0.310 e. The Labute approximate surface area is 115 Å². The normalized spacial score (nSPS) is 10.4. The van der Waals surface area contributed by atoms with Gasteiger partial charge in [-0.05, 0) is 18.5 Å². The van der Waals surface area contributed by atoms with E-state index in [9.17, 15) is 4.79 Å². The Kier molecular flexibility index (Phi) is 8.68. The van der Waals surface area contributed by atoms with Gasteiger partial charge >= 0.3 is 5.97 Å². The Hall–Kier alpha value is -1.39. The van der Waals surface area contributed by atoms with Gasteiger partial charge in [-0.3, -0.25) is 4.79 Å². The number of ether oxygens (including phenoxy) is 2. The lowest BCUT2D eigenvalue weighted by Crippen LogP contribution is -2.21. The van der Waals surface area contributed by atoms with E-state index in [0.29, 0.717) is 26.2 Å². The quantitative estimate of drug-likeness (QED) is 0.517. The average molecular weight is 265 g/mol. The van der Waals surface area contributed by atoms with Crippen molar-refractivity contribution in [2.75, 3.05) is 32.9 Å². The molecule has 19 heavy (non-hydrogen) atoms. The summed E-state index contributed by atoms with van der Waals surface area (Å²) in [5, 5.41) is 3.23. The van der Waals surface area contributed by atoms with Crippen LogP contribution in [0.4, 0.5) is 0 Å². The molecule has 1 rings (SSSR count). The summed E-state index contributed by atoms with van der Waals surface area (Å²) in [6, 6.07) is 9.58. The minimum absolute atomic E-state index is 0.209. The molecule has 0 saturated heterocycles. The Morgan fingerprint density at radius 1 is 1.11 bits per heavy atom. The van der Waals surface area contributed by atoms with Crippen LogP contribution in [0.1, 0.15) is 18.9 Å². The summed E-state index contributed by atoms with van der Waals surface area (Å²) in [5.41, 5.74) is 0.970. The van der Waals surface area contributed by atoms with Gasteiger partial charge in [0.15, 0.2) is 0 Å². The van der Waals surface area contributed by atoms with Gasteiger partial charge in [-0.2, -0.15) is 0 Å². The Bertz CT molecular complexity index is 341. The molecule has 1 aromatic rings. The molecule has 0 unspecified atom stereocenters. The monoisotopic (exact) mass is 265 g/mol. The van der Waals surface area contributed by atoms with Crippen LogP contribution >= 0.6 is 0 Å². The third-order valence-corrected chi connectivity index (χ3v) is 2.53. The average Bonchev–Trinajstić information content (AvgIpc) is 2.43. The lowest BCUT2D eigenvalue weighted by atomic mass is 10.2. The maximum absolute atomic E-state index is 11.5. The third-order valence-electron chi connectivity index (χ3n) is 2.53. The lowest BCUT2D eigenvalue weighted by molar-refractivity contribution is -0.144. The van der Waals surface area contributed by atoms with Crippen molar-refractivity contribution in [3.63, 3.8) is 0 Å². The predicted molar refractivity (Wildman–Crippen MR) is 75.1 cm³/mol. The van der Waals surface area contributed by atoms with Crippen LogP contribution in [0.15, 0.2) is 30.3 Å². The maximum Gasteiger partial charge on any atom is 0.310 e. The van der Waals surface area contributed by atoms with Crippen LogP contribution in [0.2, 0.25) is 0 Å². The van der Waals surface area contributed by atoms with E-state index in [2.05, 4.69) is 12.2 Å². The molecule has 1 N–H and O–H groups in total. The number of nitrogens with one attached hydrogen (secondary N) is 1. The van der Waals surface area contributed by atoms with Crippen molar-refractivity contribution in [2.24, 2.45) is 0 Å². The largest absolute Gasteiger partial charge is 0.463 e. The molecule has 0 aromatic heterocycles. The molecular weight excluding hydrogens is 242 g/mol. The van der Waals surface area contributed by atoms with Crippen LogP contribution in [-0.2, 0) is 20.7 Å². The molecule has 0 aliphatic rings. The molecule has 0 heterocycles. The van der Waals surface area contributed by atoms with Crippen molar-refractivity contribution in [1.29, 1.82) is 0 Å². The van der Waals surface area contributed by atoms with Crippen molar-refractivity contribution < 1.29 is 14.3 Å². The molecule has 0 fully saturated rings. The maximum atomic E-state index is 11.5. The highest BCUT2D eigenvalue weighted by Crippen LogP contribution is 2.00. The van der Waals surface area contributed by atoms with Gasteiger partial charge in [-0.25, -0.2) is 0 Å². The zero-order valence-electron chi connectivity index (χ0n) is 11.6. The zero-order chi connectivity index (χ0) is 13.8. The summed E-state index contributed by atoms with van der Waals surface area (Å²) in [4.78, 5) is 11.5. The molecule has 0 radical (unpaired) electrons. The zero-order valence-corrected chi connectivity index (χ0v) is 11.6. The van der Waals surface area contributed by atoms with Crippen molar-refractivity contribution in [1.82, 2.24) is 5.32 Å². The van der Waals surface area contributed by atoms with Crippen LogP contribution in [0, 0.1) is 0 Å². The van der Waals surface area contributed by atoms with E-state index in [1.54, 1.807) is 0 Å². The number of esters is 1. The minimum Gasteiger partial charge on any atom is -0.463 e. The molecule has 106 valence electrons. The minimum atomic E-state index is -0.209. The van der Waals surface area contributed by atoms with E-state index < -0.39 is 0 Å². The van der Waals surface area contributed by atoms with Gasteiger partial charge in [-0.1, -0.05) is 37.3 Å². The SMILES string of the molecule is CCCNCCOCCOC(=O)Cc1ccccc1. The first-order valence-corrected chi connectivity index (χ1v) is 6.81. The summed E-state index contributed by atoms with van der Waals surface area (Å²) in [6.45, 7) is 5.39. The summed E-state index contributed by atoms with van der Waals surface area (Å²) < 4.78 is 10.4. The fourth-order valence-corrected chi connectivity index (χ4v) is 1.58. The molecule has 0 atom stereocenters. The highest BCUT2D eigenvalue weighted by atomic mass is 16.6. The molecule has 0 bridgehead atoms. The first-order valence-electron chi connectivity index (χ1n) is 6.81. The van der Waals surface area contributed by atoms with Crippen molar-refractivity contribution in [3.05, 3.63) is 35.9 Å². The number of benzene rings is 1. The fourth-order valence-electron chi connectivity index (χ4n) is 1.58. The number of hydrogen-bond donors (Lipinski definition) is 1. The van der Waals surface area contributed by atoms with E-state index in [1.165, 1.54) is 0 Å². The molecule has 0 saturated carbocycles. The lowest BCUT2D eigenvalue weighted by Gasteiger charge is -2.07. The highest BCUT2D eigenvalue weighted by molar-refractivity contribution is 5.72. The van der Waals surface area contributed by atoms with E-state index >= 15 is 0 Å². The summed E-state index contributed by atoms with van der Waals surface area (Å²) in [5.74, 6) is -0.209. The molecule has 0 aliphatic heterocycles. The third kappa shape index (κ3) is 8.35. The number of carbonyl (C=O) groups excluding carboxylic acids is 1. The van der Waals surface area contributed by atoms with E-state index in [-0.39, 0.29) is 5.97 Å². The van der Waals surface area contributed by atoms with Crippen molar-refractivity contribution >= 4 is 5.97 Å². The van der Waals surface area contributed by atoms with E-state index in [4.69, 9.17) is 9.47 Å². The number of carbonyl (C=O) groups is 1. The topological polar surface area (TPSA) is 47.6 Å². The molecule has 1 aromatic carbocycles. The molecule has 0 spiro atoms. The second-order valence-electron chi connectivity index (χ2n) is 4.25. The first kappa shape index (κ1) is 15.7. The van der Waals surface area contributed by atoms with Gasteiger partial charge in [0.1, 0.15) is 6.61 Å². The standard InChI is InChI=1S/C15H23NO3/c1-2-8-16-9-10-18-11-12-19-15(17)13-14-6-4-3-5-7-14/h3-7,16H,2,8-13H2,1H3. The highest BCUT2D eigenvalue weighted by Gasteiger charge is 2.03. The van der Waals surface area contributed by atoms with Crippen LogP contribution < -0.4 is 5.32 Å². The Morgan fingerprint density at radius 2 is 1.89 bits per heavy atom. The van der Waals surface area contributed by atoms with Crippen LogP contribution in [0.3, 0.4) is 0 Å². The molecular formula is C15H23NO3. The molecule has 0 amide bonds. The van der Waals surface area contributed by atoms with E-state index in [0.717, 1.165) is 25.1 Å². The van der Waals surface area contributed by atoms with Gasteiger partial charge in [0.25, 0.3) is 0 Å².